The third-order valence-electron chi connectivity index (χ3n) is 4.82. The Morgan fingerprint density at radius 3 is 2.85 bits per heavy atom. The summed E-state index contributed by atoms with van der Waals surface area (Å²) in [6.07, 6.45) is 4.52. The fourth-order valence-electron chi connectivity index (χ4n) is 3.53. The van der Waals surface area contributed by atoms with Gasteiger partial charge in [-0.25, -0.2) is 0 Å². The zero-order chi connectivity index (χ0) is 17.3. The molecule has 0 saturated carbocycles. The highest BCUT2D eigenvalue weighted by molar-refractivity contribution is 5.94. The summed E-state index contributed by atoms with van der Waals surface area (Å²) in [4.78, 5) is 4.09. The van der Waals surface area contributed by atoms with Crippen LogP contribution in [-0.2, 0) is 0 Å². The van der Waals surface area contributed by atoms with E-state index >= 15 is 0 Å². The van der Waals surface area contributed by atoms with E-state index in [1.165, 1.54) is 5.56 Å². The highest BCUT2D eigenvalue weighted by Gasteiger charge is 2.21. The van der Waals surface area contributed by atoms with Gasteiger partial charge in [0.05, 0.1) is 18.2 Å². The SMILES string of the molecule is c1ccc2c(c1)OCCC2Nc1ccc2[nH]nc(-c3ccncc3)c2c1. The van der Waals surface area contributed by atoms with Crippen LogP contribution in [0, 0.1) is 0 Å². The van der Waals surface area contributed by atoms with E-state index in [4.69, 9.17) is 4.74 Å². The normalized spacial score (nSPS) is 16.1. The molecule has 1 aliphatic heterocycles. The summed E-state index contributed by atoms with van der Waals surface area (Å²) in [5.74, 6) is 0.970. The first-order valence-corrected chi connectivity index (χ1v) is 8.75. The summed E-state index contributed by atoms with van der Waals surface area (Å²) < 4.78 is 5.77. The summed E-state index contributed by atoms with van der Waals surface area (Å²) in [5.41, 5.74) is 5.31. The van der Waals surface area contributed by atoms with Crippen LogP contribution in [0.3, 0.4) is 0 Å². The van der Waals surface area contributed by atoms with E-state index in [1.807, 2.05) is 24.3 Å². The van der Waals surface area contributed by atoms with Crippen molar-refractivity contribution in [3.8, 4) is 17.0 Å². The maximum atomic E-state index is 5.77. The Labute approximate surface area is 151 Å². The van der Waals surface area contributed by atoms with Gasteiger partial charge in [-0.2, -0.15) is 5.10 Å². The number of hydrogen-bond acceptors (Lipinski definition) is 4. The second-order valence-electron chi connectivity index (χ2n) is 6.44. The molecule has 0 radical (unpaired) electrons. The predicted octanol–water partition coefficient (Wildman–Crippen LogP) is 4.56. The van der Waals surface area contributed by atoms with Crippen molar-refractivity contribution in [1.29, 1.82) is 0 Å². The minimum absolute atomic E-state index is 0.244. The average Bonchev–Trinajstić information content (AvgIpc) is 3.12. The lowest BCUT2D eigenvalue weighted by molar-refractivity contribution is 0.274. The first-order valence-electron chi connectivity index (χ1n) is 8.75. The maximum absolute atomic E-state index is 5.77. The van der Waals surface area contributed by atoms with Crippen molar-refractivity contribution in [3.63, 3.8) is 0 Å². The Morgan fingerprint density at radius 1 is 1.04 bits per heavy atom. The number of aromatic amines is 1. The fourth-order valence-corrected chi connectivity index (χ4v) is 3.53. The monoisotopic (exact) mass is 342 g/mol. The number of benzene rings is 2. The zero-order valence-electron chi connectivity index (χ0n) is 14.1. The first kappa shape index (κ1) is 15.0. The lowest BCUT2D eigenvalue weighted by Crippen LogP contribution is -2.20. The lowest BCUT2D eigenvalue weighted by Gasteiger charge is -2.27. The van der Waals surface area contributed by atoms with E-state index in [0.29, 0.717) is 0 Å². The molecule has 2 aromatic heterocycles. The minimum Gasteiger partial charge on any atom is -0.493 e. The molecular formula is C21H18N4O. The number of nitrogens with one attached hydrogen (secondary N) is 2. The highest BCUT2D eigenvalue weighted by atomic mass is 16.5. The molecule has 4 aromatic rings. The molecule has 3 heterocycles. The number of hydrogen-bond donors (Lipinski definition) is 2. The van der Waals surface area contributed by atoms with Gasteiger partial charge in [0.2, 0.25) is 0 Å². The van der Waals surface area contributed by atoms with Crippen LogP contribution < -0.4 is 10.1 Å². The van der Waals surface area contributed by atoms with Crippen LogP contribution in [0.15, 0.2) is 67.0 Å². The molecule has 0 saturated heterocycles. The smallest absolute Gasteiger partial charge is 0.124 e. The van der Waals surface area contributed by atoms with Crippen molar-refractivity contribution in [2.45, 2.75) is 12.5 Å². The van der Waals surface area contributed by atoms with Crippen LogP contribution in [0.4, 0.5) is 5.69 Å². The Balaban J connectivity index is 1.51. The van der Waals surface area contributed by atoms with Crippen LogP contribution >= 0.6 is 0 Å². The van der Waals surface area contributed by atoms with Gasteiger partial charge < -0.3 is 10.1 Å². The van der Waals surface area contributed by atoms with Gasteiger partial charge in [0.15, 0.2) is 0 Å². The van der Waals surface area contributed by atoms with E-state index in [-0.39, 0.29) is 6.04 Å². The molecule has 5 heteroatoms. The topological polar surface area (TPSA) is 62.8 Å². The van der Waals surface area contributed by atoms with Crippen LogP contribution in [0.25, 0.3) is 22.2 Å². The van der Waals surface area contributed by atoms with Crippen molar-refractivity contribution in [1.82, 2.24) is 15.2 Å². The third-order valence-corrected chi connectivity index (χ3v) is 4.82. The molecular weight excluding hydrogens is 324 g/mol. The van der Waals surface area contributed by atoms with Gasteiger partial charge in [-0.15, -0.1) is 0 Å². The fraction of sp³-hybridized carbons (Fsp3) is 0.143. The Bertz CT molecular complexity index is 1060. The summed E-state index contributed by atoms with van der Waals surface area (Å²) in [7, 11) is 0. The van der Waals surface area contributed by atoms with Crippen molar-refractivity contribution in [2.75, 3.05) is 11.9 Å². The Morgan fingerprint density at radius 2 is 1.92 bits per heavy atom. The number of para-hydroxylation sites is 1. The Hall–Kier alpha value is -3.34. The number of H-pyrrole nitrogens is 1. The molecule has 1 aliphatic rings. The van der Waals surface area contributed by atoms with Crippen LogP contribution in [0.1, 0.15) is 18.0 Å². The molecule has 1 atom stereocenters. The van der Waals surface area contributed by atoms with E-state index in [1.54, 1.807) is 12.4 Å². The average molecular weight is 342 g/mol. The molecule has 128 valence electrons. The van der Waals surface area contributed by atoms with E-state index < -0.39 is 0 Å². The number of anilines is 1. The number of rotatable bonds is 3. The van der Waals surface area contributed by atoms with E-state index in [0.717, 1.165) is 46.6 Å². The predicted molar refractivity (Wildman–Crippen MR) is 102 cm³/mol. The molecule has 26 heavy (non-hydrogen) atoms. The third kappa shape index (κ3) is 2.58. The van der Waals surface area contributed by atoms with Crippen molar-refractivity contribution >= 4 is 16.6 Å². The molecule has 0 aliphatic carbocycles. The van der Waals surface area contributed by atoms with Gasteiger partial charge >= 0.3 is 0 Å². The molecule has 0 bridgehead atoms. The number of ether oxygens (including phenoxy) is 1. The van der Waals surface area contributed by atoms with E-state index in [9.17, 15) is 0 Å². The summed E-state index contributed by atoms with van der Waals surface area (Å²) in [5, 5.41) is 12.4. The maximum Gasteiger partial charge on any atom is 0.124 e. The largest absolute Gasteiger partial charge is 0.493 e. The van der Waals surface area contributed by atoms with Crippen LogP contribution in [-0.4, -0.2) is 21.8 Å². The number of pyridine rings is 1. The van der Waals surface area contributed by atoms with Crippen LogP contribution in [0.2, 0.25) is 0 Å². The van der Waals surface area contributed by atoms with Crippen molar-refractivity contribution in [3.05, 3.63) is 72.6 Å². The van der Waals surface area contributed by atoms with Gasteiger partial charge in [-0.05, 0) is 36.4 Å². The molecule has 1 unspecified atom stereocenters. The number of nitrogens with zero attached hydrogens (tertiary/aromatic N) is 2. The molecule has 0 fully saturated rings. The van der Waals surface area contributed by atoms with Crippen molar-refractivity contribution < 1.29 is 4.74 Å². The van der Waals surface area contributed by atoms with Crippen molar-refractivity contribution in [2.24, 2.45) is 0 Å². The van der Waals surface area contributed by atoms with Gasteiger partial charge in [0, 0.05) is 41.0 Å². The second-order valence-corrected chi connectivity index (χ2v) is 6.44. The molecule has 0 amide bonds. The van der Waals surface area contributed by atoms with Gasteiger partial charge in [-0.3, -0.25) is 10.1 Å². The van der Waals surface area contributed by atoms with Gasteiger partial charge in [0.25, 0.3) is 0 Å². The van der Waals surface area contributed by atoms with Crippen LogP contribution in [0.5, 0.6) is 5.75 Å². The summed E-state index contributed by atoms with van der Waals surface area (Å²) in [6, 6.07) is 18.8. The molecule has 2 aromatic carbocycles. The Kier molecular flexibility index (Phi) is 3.56. The molecule has 5 nitrogen and oxygen atoms in total. The van der Waals surface area contributed by atoms with Gasteiger partial charge in [0.1, 0.15) is 11.4 Å². The lowest BCUT2D eigenvalue weighted by atomic mass is 10.00. The number of fused-ring (bicyclic) bond motifs is 2. The summed E-state index contributed by atoms with van der Waals surface area (Å²) in [6.45, 7) is 0.727. The quantitative estimate of drug-likeness (QED) is 0.573. The highest BCUT2D eigenvalue weighted by Crippen LogP contribution is 2.35. The molecule has 2 N–H and O–H groups in total. The minimum atomic E-state index is 0.244. The number of aromatic nitrogens is 3. The summed E-state index contributed by atoms with van der Waals surface area (Å²) >= 11 is 0. The molecule has 0 spiro atoms. The standard InChI is InChI=1S/C21H18N4O/c1-2-4-20-16(3-1)18(9-12-26-20)23-15-5-6-19-17(13-15)21(25-24-19)14-7-10-22-11-8-14/h1-8,10-11,13,18,23H,9,12H2,(H,24,25). The first-order chi connectivity index (χ1) is 12.9. The zero-order valence-corrected chi connectivity index (χ0v) is 14.1. The van der Waals surface area contributed by atoms with E-state index in [2.05, 4.69) is 50.8 Å². The molecule has 5 rings (SSSR count). The van der Waals surface area contributed by atoms with Gasteiger partial charge in [-0.1, -0.05) is 18.2 Å². The second kappa shape index (κ2) is 6.19.